The average Bonchev–Trinajstić information content (AvgIpc) is 3.14. The Morgan fingerprint density at radius 1 is 1.09 bits per heavy atom. The number of hydrogen-bond acceptors (Lipinski definition) is 4. The predicted octanol–water partition coefficient (Wildman–Crippen LogP) is 4.02. The number of ether oxygens (including phenoxy) is 1. The molecule has 1 aliphatic carbocycles. The third kappa shape index (κ3) is 4.58. The summed E-state index contributed by atoms with van der Waals surface area (Å²) in [7, 11) is 0. The van der Waals surface area contributed by atoms with Crippen LogP contribution in [0.1, 0.15) is 50.2 Å². The Balaban J connectivity index is 1.41. The predicted molar refractivity (Wildman–Crippen MR) is 124 cm³/mol. The molecule has 1 fully saturated rings. The van der Waals surface area contributed by atoms with Crippen LogP contribution in [0.2, 0.25) is 0 Å². The van der Waals surface area contributed by atoms with Gasteiger partial charge in [0.15, 0.2) is 0 Å². The van der Waals surface area contributed by atoms with Crippen molar-refractivity contribution < 1.29 is 24.2 Å². The molecule has 4 rings (SSSR count). The molecule has 2 unspecified atom stereocenters. The lowest BCUT2D eigenvalue weighted by Gasteiger charge is -2.37. The summed E-state index contributed by atoms with van der Waals surface area (Å²) in [5.74, 6) is -1.21. The molecule has 2 aromatic carbocycles. The molecular formula is C26H30N2O5. The first kappa shape index (κ1) is 22.8. The molecule has 0 radical (unpaired) electrons. The van der Waals surface area contributed by atoms with E-state index in [0.29, 0.717) is 19.4 Å². The highest BCUT2D eigenvalue weighted by Gasteiger charge is 2.38. The van der Waals surface area contributed by atoms with Crippen molar-refractivity contribution in [3.63, 3.8) is 0 Å². The number of carbonyl (C=O) groups excluding carboxylic acids is 2. The van der Waals surface area contributed by atoms with Crippen LogP contribution in [0.25, 0.3) is 11.1 Å². The fourth-order valence-electron chi connectivity index (χ4n) is 4.96. The number of aliphatic carboxylic acids is 1. The van der Waals surface area contributed by atoms with Gasteiger partial charge in [0.25, 0.3) is 0 Å². The zero-order valence-corrected chi connectivity index (χ0v) is 19.0. The number of fused-ring (bicyclic) bond motifs is 3. The van der Waals surface area contributed by atoms with Crippen LogP contribution in [0.15, 0.2) is 48.5 Å². The minimum atomic E-state index is -1.01. The van der Waals surface area contributed by atoms with Crippen molar-refractivity contribution >= 4 is 18.0 Å². The van der Waals surface area contributed by atoms with Crippen molar-refractivity contribution in [3.05, 3.63) is 59.7 Å². The standard InChI is InChI=1S/C26H30N2O5/c1-3-22(24(29)28-13-12-16(2)14-23(28)25(30)31)27-26(32)33-15-21-19-10-6-4-8-17(19)18-9-5-7-11-20(18)21/h4-11,16,21-23H,3,12-15H2,1-2H3,(H,27,32)(H,30,31)/t16?,22-,23?/m1/s1. The SMILES string of the molecule is CC[C@@H](NC(=O)OCC1c2ccccc2-c2ccccc21)C(=O)N1CCC(C)CC1C(=O)O. The molecule has 174 valence electrons. The summed E-state index contributed by atoms with van der Waals surface area (Å²) in [6.07, 6.45) is 0.843. The number of hydrogen-bond donors (Lipinski definition) is 2. The van der Waals surface area contributed by atoms with Crippen molar-refractivity contribution in [2.45, 2.75) is 51.1 Å². The molecule has 0 bridgehead atoms. The third-order valence-electron chi connectivity index (χ3n) is 6.77. The second-order valence-corrected chi connectivity index (χ2v) is 8.95. The van der Waals surface area contributed by atoms with Crippen LogP contribution in [-0.2, 0) is 14.3 Å². The summed E-state index contributed by atoms with van der Waals surface area (Å²) >= 11 is 0. The van der Waals surface area contributed by atoms with Gasteiger partial charge in [-0.05, 0) is 47.4 Å². The second kappa shape index (κ2) is 9.65. The van der Waals surface area contributed by atoms with Crippen LogP contribution in [0.5, 0.6) is 0 Å². The van der Waals surface area contributed by atoms with Gasteiger partial charge in [0.2, 0.25) is 5.91 Å². The molecule has 2 amide bonds. The zero-order valence-electron chi connectivity index (χ0n) is 19.0. The Morgan fingerprint density at radius 2 is 1.70 bits per heavy atom. The minimum Gasteiger partial charge on any atom is -0.480 e. The summed E-state index contributed by atoms with van der Waals surface area (Å²) < 4.78 is 5.56. The van der Waals surface area contributed by atoms with Crippen LogP contribution in [0.4, 0.5) is 4.79 Å². The highest BCUT2D eigenvalue weighted by molar-refractivity contribution is 5.89. The molecule has 2 aromatic rings. The van der Waals surface area contributed by atoms with Gasteiger partial charge in [-0.15, -0.1) is 0 Å². The molecule has 33 heavy (non-hydrogen) atoms. The van der Waals surface area contributed by atoms with E-state index in [1.807, 2.05) is 43.3 Å². The summed E-state index contributed by atoms with van der Waals surface area (Å²) in [5, 5.41) is 12.2. The summed E-state index contributed by atoms with van der Waals surface area (Å²) in [5.41, 5.74) is 4.51. The first-order valence-corrected chi connectivity index (χ1v) is 11.6. The molecule has 0 aromatic heterocycles. The number of benzene rings is 2. The Kier molecular flexibility index (Phi) is 6.67. The molecule has 1 saturated heterocycles. The fraction of sp³-hybridized carbons (Fsp3) is 0.423. The Bertz CT molecular complexity index is 1010. The van der Waals surface area contributed by atoms with Crippen molar-refractivity contribution in [2.75, 3.05) is 13.2 Å². The van der Waals surface area contributed by atoms with Gasteiger partial charge in [-0.25, -0.2) is 9.59 Å². The van der Waals surface area contributed by atoms with E-state index >= 15 is 0 Å². The number of amides is 2. The van der Waals surface area contributed by atoms with Crippen LogP contribution < -0.4 is 5.32 Å². The summed E-state index contributed by atoms with van der Waals surface area (Å²) in [4.78, 5) is 38.8. The van der Waals surface area contributed by atoms with Crippen molar-refractivity contribution in [1.29, 1.82) is 0 Å². The van der Waals surface area contributed by atoms with Gasteiger partial charge < -0.3 is 20.1 Å². The third-order valence-corrected chi connectivity index (χ3v) is 6.77. The van der Waals surface area contributed by atoms with E-state index in [2.05, 4.69) is 17.4 Å². The molecule has 0 spiro atoms. The lowest BCUT2D eigenvalue weighted by atomic mass is 9.91. The van der Waals surface area contributed by atoms with Crippen LogP contribution in [-0.4, -0.2) is 53.2 Å². The van der Waals surface area contributed by atoms with E-state index in [9.17, 15) is 19.5 Å². The van der Waals surface area contributed by atoms with E-state index in [0.717, 1.165) is 28.7 Å². The van der Waals surface area contributed by atoms with E-state index < -0.39 is 24.1 Å². The van der Waals surface area contributed by atoms with E-state index in [4.69, 9.17) is 4.74 Å². The lowest BCUT2D eigenvalue weighted by molar-refractivity contribution is -0.153. The van der Waals surface area contributed by atoms with Crippen LogP contribution in [0.3, 0.4) is 0 Å². The fourth-order valence-corrected chi connectivity index (χ4v) is 4.96. The Labute approximate surface area is 193 Å². The smallest absolute Gasteiger partial charge is 0.407 e. The van der Waals surface area contributed by atoms with Gasteiger partial charge in [-0.3, -0.25) is 4.79 Å². The van der Waals surface area contributed by atoms with Gasteiger partial charge in [0.1, 0.15) is 18.7 Å². The molecule has 2 N–H and O–H groups in total. The highest BCUT2D eigenvalue weighted by Crippen LogP contribution is 2.44. The van der Waals surface area contributed by atoms with Crippen LogP contribution in [0, 0.1) is 5.92 Å². The Morgan fingerprint density at radius 3 is 2.27 bits per heavy atom. The van der Waals surface area contributed by atoms with E-state index in [1.54, 1.807) is 6.92 Å². The molecule has 2 aliphatic rings. The number of likely N-dealkylation sites (tertiary alicyclic amines) is 1. The molecule has 3 atom stereocenters. The number of nitrogens with one attached hydrogen (secondary N) is 1. The topological polar surface area (TPSA) is 95.9 Å². The second-order valence-electron chi connectivity index (χ2n) is 8.95. The van der Waals surface area contributed by atoms with Crippen molar-refractivity contribution in [1.82, 2.24) is 10.2 Å². The maximum Gasteiger partial charge on any atom is 0.407 e. The highest BCUT2D eigenvalue weighted by atomic mass is 16.5. The summed E-state index contributed by atoms with van der Waals surface area (Å²) in [6, 6.07) is 14.5. The van der Waals surface area contributed by atoms with Gasteiger partial charge in [-0.2, -0.15) is 0 Å². The number of alkyl carbamates (subject to hydrolysis) is 1. The Hall–Kier alpha value is -3.35. The number of carboxylic acids is 1. The number of carbonyl (C=O) groups is 3. The summed E-state index contributed by atoms with van der Waals surface area (Å²) in [6.45, 7) is 4.31. The molecular weight excluding hydrogens is 420 g/mol. The van der Waals surface area contributed by atoms with Crippen LogP contribution >= 0.6 is 0 Å². The monoisotopic (exact) mass is 450 g/mol. The molecule has 7 nitrogen and oxygen atoms in total. The number of piperidine rings is 1. The zero-order chi connectivity index (χ0) is 23.5. The maximum atomic E-state index is 13.1. The van der Waals surface area contributed by atoms with Gasteiger partial charge in [-0.1, -0.05) is 62.4 Å². The van der Waals surface area contributed by atoms with Crippen molar-refractivity contribution in [3.8, 4) is 11.1 Å². The molecule has 1 heterocycles. The maximum absolute atomic E-state index is 13.1. The van der Waals surface area contributed by atoms with Gasteiger partial charge in [0.05, 0.1) is 0 Å². The number of rotatable bonds is 6. The number of carboxylic acid groups (broad SMARTS) is 1. The molecule has 1 aliphatic heterocycles. The average molecular weight is 451 g/mol. The first-order chi connectivity index (χ1) is 15.9. The number of nitrogens with zero attached hydrogens (tertiary/aromatic N) is 1. The molecule has 0 saturated carbocycles. The minimum absolute atomic E-state index is 0.0705. The normalized spacial score (nSPS) is 20.5. The van der Waals surface area contributed by atoms with Gasteiger partial charge in [0, 0.05) is 12.5 Å². The quantitative estimate of drug-likeness (QED) is 0.693. The van der Waals surface area contributed by atoms with Gasteiger partial charge >= 0.3 is 12.1 Å². The van der Waals surface area contributed by atoms with E-state index in [-0.39, 0.29) is 24.3 Å². The molecule has 7 heteroatoms. The first-order valence-electron chi connectivity index (χ1n) is 11.6. The largest absolute Gasteiger partial charge is 0.480 e. The van der Waals surface area contributed by atoms with Crippen molar-refractivity contribution in [2.24, 2.45) is 5.92 Å². The van der Waals surface area contributed by atoms with E-state index in [1.165, 1.54) is 4.90 Å². The lowest BCUT2D eigenvalue weighted by Crippen LogP contribution is -2.56.